The highest BCUT2D eigenvalue weighted by molar-refractivity contribution is 7.89. The summed E-state index contributed by atoms with van der Waals surface area (Å²) < 4.78 is 33.1. The molecule has 0 saturated carbocycles. The van der Waals surface area contributed by atoms with Gasteiger partial charge in [-0.15, -0.1) is 0 Å². The summed E-state index contributed by atoms with van der Waals surface area (Å²) in [5, 5.41) is 4.43. The number of benzene rings is 2. The number of aryl methyl sites for hydroxylation is 1. The van der Waals surface area contributed by atoms with Gasteiger partial charge in [0.2, 0.25) is 0 Å². The molecule has 1 aliphatic rings. The van der Waals surface area contributed by atoms with Crippen LogP contribution in [0, 0.1) is 6.92 Å². The van der Waals surface area contributed by atoms with Crippen molar-refractivity contribution in [3.63, 3.8) is 0 Å². The van der Waals surface area contributed by atoms with E-state index in [1.54, 1.807) is 48.7 Å². The number of furan rings is 1. The van der Waals surface area contributed by atoms with Crippen LogP contribution in [0.25, 0.3) is 0 Å². The molecular weight excluding hydrogens is 348 g/mol. The Morgan fingerprint density at radius 1 is 1.04 bits per heavy atom. The second kappa shape index (κ2) is 6.46. The minimum Gasteiger partial charge on any atom is -0.463 e. The molecule has 4 rings (SSSR count). The van der Waals surface area contributed by atoms with Crippen LogP contribution in [-0.2, 0) is 10.0 Å². The Hall–Kier alpha value is -2.86. The molecule has 26 heavy (non-hydrogen) atoms. The van der Waals surface area contributed by atoms with E-state index in [1.807, 2.05) is 31.2 Å². The molecule has 1 atom stereocenters. The highest BCUT2D eigenvalue weighted by Crippen LogP contribution is 2.37. The van der Waals surface area contributed by atoms with Crippen LogP contribution >= 0.6 is 0 Å². The molecule has 1 aliphatic heterocycles. The Labute approximate surface area is 152 Å². The quantitative estimate of drug-likeness (QED) is 0.697. The second-order valence-electron chi connectivity index (χ2n) is 6.25. The topological polar surface area (TPSA) is 62.9 Å². The van der Waals surface area contributed by atoms with Crippen molar-refractivity contribution in [2.45, 2.75) is 24.3 Å². The Morgan fingerprint density at radius 2 is 1.85 bits per heavy atom. The summed E-state index contributed by atoms with van der Waals surface area (Å²) in [6, 6.07) is 19.4. The van der Waals surface area contributed by atoms with E-state index in [4.69, 9.17) is 4.42 Å². The van der Waals surface area contributed by atoms with Crippen LogP contribution in [0.15, 0.2) is 87.4 Å². The summed E-state index contributed by atoms with van der Waals surface area (Å²) in [4.78, 5) is 0.224. The molecule has 132 valence electrons. The van der Waals surface area contributed by atoms with Gasteiger partial charge in [-0.25, -0.2) is 0 Å². The number of rotatable bonds is 4. The van der Waals surface area contributed by atoms with Crippen LogP contribution in [0.1, 0.15) is 29.3 Å². The van der Waals surface area contributed by atoms with Crippen LogP contribution < -0.4 is 0 Å². The molecule has 0 spiro atoms. The normalized spacial score (nSPS) is 17.3. The van der Waals surface area contributed by atoms with E-state index >= 15 is 0 Å². The summed E-state index contributed by atoms with van der Waals surface area (Å²) in [5.74, 6) is 0.591. The van der Waals surface area contributed by atoms with Crippen LogP contribution in [0.3, 0.4) is 0 Å². The minimum atomic E-state index is -3.77. The fourth-order valence-electron chi connectivity index (χ4n) is 3.13. The van der Waals surface area contributed by atoms with Gasteiger partial charge in [-0.3, -0.25) is 0 Å². The van der Waals surface area contributed by atoms with E-state index in [-0.39, 0.29) is 4.90 Å². The summed E-state index contributed by atoms with van der Waals surface area (Å²) in [5.41, 5.74) is 2.61. The fraction of sp³-hybridized carbons (Fsp3) is 0.150. The van der Waals surface area contributed by atoms with Crippen molar-refractivity contribution in [1.29, 1.82) is 0 Å². The molecule has 2 heterocycles. The number of nitrogens with zero attached hydrogens (tertiary/aromatic N) is 2. The van der Waals surface area contributed by atoms with Gasteiger partial charge in [-0.1, -0.05) is 48.0 Å². The van der Waals surface area contributed by atoms with Gasteiger partial charge in [-0.2, -0.15) is 17.9 Å². The fourth-order valence-corrected chi connectivity index (χ4v) is 4.58. The van der Waals surface area contributed by atoms with Crippen LogP contribution in [0.5, 0.6) is 0 Å². The Morgan fingerprint density at radius 3 is 2.54 bits per heavy atom. The van der Waals surface area contributed by atoms with Crippen molar-refractivity contribution in [2.24, 2.45) is 5.10 Å². The highest BCUT2D eigenvalue weighted by atomic mass is 32.2. The van der Waals surface area contributed by atoms with Crippen LogP contribution in [0.4, 0.5) is 0 Å². The van der Waals surface area contributed by atoms with Gasteiger partial charge < -0.3 is 4.42 Å². The molecule has 0 unspecified atom stereocenters. The average molecular weight is 366 g/mol. The molecular formula is C20H18N2O3S. The lowest BCUT2D eigenvalue weighted by Gasteiger charge is -2.23. The van der Waals surface area contributed by atoms with Crippen molar-refractivity contribution in [3.8, 4) is 0 Å². The first kappa shape index (κ1) is 16.6. The molecule has 2 aromatic carbocycles. The maximum Gasteiger partial charge on any atom is 0.279 e. The van der Waals surface area contributed by atoms with E-state index in [9.17, 15) is 8.42 Å². The highest BCUT2D eigenvalue weighted by Gasteiger charge is 2.38. The van der Waals surface area contributed by atoms with Gasteiger partial charge in [-0.05, 0) is 36.8 Å². The smallest absolute Gasteiger partial charge is 0.279 e. The van der Waals surface area contributed by atoms with Crippen molar-refractivity contribution in [1.82, 2.24) is 4.41 Å². The second-order valence-corrected chi connectivity index (χ2v) is 8.04. The van der Waals surface area contributed by atoms with Gasteiger partial charge in [0, 0.05) is 6.42 Å². The van der Waals surface area contributed by atoms with E-state index < -0.39 is 16.1 Å². The molecule has 0 fully saturated rings. The number of sulfonamides is 1. The third-order valence-corrected chi connectivity index (χ3v) is 6.09. The lowest BCUT2D eigenvalue weighted by Crippen LogP contribution is -2.27. The summed E-state index contributed by atoms with van der Waals surface area (Å²) in [7, 11) is -3.77. The SMILES string of the molecule is Cc1cccc([C@@H]2CC(c3ccco3)=NN2S(=O)(=O)c2ccccc2)c1. The third-order valence-electron chi connectivity index (χ3n) is 4.39. The van der Waals surface area contributed by atoms with Gasteiger partial charge in [0.25, 0.3) is 10.0 Å². The molecule has 0 radical (unpaired) electrons. The number of hydrazone groups is 1. The first-order valence-electron chi connectivity index (χ1n) is 8.33. The molecule has 0 amide bonds. The van der Waals surface area contributed by atoms with Gasteiger partial charge in [0.05, 0.1) is 17.2 Å². The zero-order chi connectivity index (χ0) is 18.1. The van der Waals surface area contributed by atoms with Crippen molar-refractivity contribution in [3.05, 3.63) is 89.9 Å². The first-order chi connectivity index (χ1) is 12.6. The maximum atomic E-state index is 13.2. The average Bonchev–Trinajstić information content (AvgIpc) is 3.32. The molecule has 5 nitrogen and oxygen atoms in total. The molecule has 0 bridgehead atoms. The summed E-state index contributed by atoms with van der Waals surface area (Å²) >= 11 is 0. The molecule has 0 saturated heterocycles. The number of hydrogen-bond acceptors (Lipinski definition) is 4. The third kappa shape index (κ3) is 2.93. The first-order valence-corrected chi connectivity index (χ1v) is 9.77. The van der Waals surface area contributed by atoms with Crippen molar-refractivity contribution < 1.29 is 12.8 Å². The predicted molar refractivity (Wildman–Crippen MR) is 99.2 cm³/mol. The standard InChI is InChI=1S/C20H18N2O3S/c1-15-7-5-8-16(13-15)19-14-18(20-11-6-12-25-20)21-22(19)26(23,24)17-9-3-2-4-10-17/h2-13,19H,14H2,1H3/t19-/m0/s1. The van der Waals surface area contributed by atoms with Crippen molar-refractivity contribution in [2.75, 3.05) is 0 Å². The summed E-state index contributed by atoms with van der Waals surface area (Å²) in [6.45, 7) is 1.99. The van der Waals surface area contributed by atoms with Crippen LogP contribution in [0.2, 0.25) is 0 Å². The molecule has 3 aromatic rings. The lowest BCUT2D eigenvalue weighted by molar-refractivity contribution is 0.371. The Balaban J connectivity index is 1.81. The minimum absolute atomic E-state index is 0.224. The molecule has 0 N–H and O–H groups in total. The Kier molecular flexibility index (Phi) is 4.12. The van der Waals surface area contributed by atoms with E-state index in [0.717, 1.165) is 11.1 Å². The maximum absolute atomic E-state index is 13.2. The predicted octanol–water partition coefficient (Wildman–Crippen LogP) is 4.13. The molecule has 0 aliphatic carbocycles. The lowest BCUT2D eigenvalue weighted by atomic mass is 10.0. The van der Waals surface area contributed by atoms with E-state index in [2.05, 4.69) is 5.10 Å². The van der Waals surface area contributed by atoms with Gasteiger partial charge in [0.1, 0.15) is 11.5 Å². The largest absolute Gasteiger partial charge is 0.463 e. The van der Waals surface area contributed by atoms with Gasteiger partial charge >= 0.3 is 0 Å². The number of hydrogen-bond donors (Lipinski definition) is 0. The zero-order valence-corrected chi connectivity index (χ0v) is 15.1. The monoisotopic (exact) mass is 366 g/mol. The van der Waals surface area contributed by atoms with Crippen molar-refractivity contribution >= 4 is 15.7 Å². The van der Waals surface area contributed by atoms with Crippen LogP contribution in [-0.4, -0.2) is 18.5 Å². The molecule has 6 heteroatoms. The van der Waals surface area contributed by atoms with E-state index in [1.165, 1.54) is 4.41 Å². The summed E-state index contributed by atoms with van der Waals surface area (Å²) in [6.07, 6.45) is 2.02. The van der Waals surface area contributed by atoms with Gasteiger partial charge in [0.15, 0.2) is 0 Å². The van der Waals surface area contributed by atoms with E-state index in [0.29, 0.717) is 17.9 Å². The molecule has 1 aromatic heterocycles. The zero-order valence-electron chi connectivity index (χ0n) is 14.2. The Bertz CT molecular complexity index is 1040.